The Labute approximate surface area is 224 Å². The molecule has 2 aliphatic rings. The van der Waals surface area contributed by atoms with Gasteiger partial charge >= 0.3 is 0 Å². The second-order valence-electron chi connectivity index (χ2n) is 11.0. The van der Waals surface area contributed by atoms with Crippen LogP contribution in [0.15, 0.2) is 30.6 Å². The first-order valence-corrected chi connectivity index (χ1v) is 13.7. The first-order valence-electron chi connectivity index (χ1n) is 13.7. The van der Waals surface area contributed by atoms with Crippen LogP contribution in [0.3, 0.4) is 0 Å². The molecule has 3 aromatic rings. The number of Topliss-reactive ketones (excluding diaryl/α,β-unsaturated/α-hetero) is 1. The monoisotopic (exact) mass is 512 g/mol. The van der Waals surface area contributed by atoms with Crippen LogP contribution in [0, 0.1) is 24.2 Å². The third-order valence-electron chi connectivity index (χ3n) is 8.63. The molecule has 1 aromatic carbocycles. The van der Waals surface area contributed by atoms with Crippen molar-refractivity contribution in [2.24, 2.45) is 13.0 Å². The lowest BCUT2D eigenvalue weighted by Gasteiger charge is -2.39. The molecule has 7 nitrogen and oxygen atoms in total. The molecule has 1 aliphatic heterocycles. The van der Waals surface area contributed by atoms with Crippen molar-refractivity contribution in [2.75, 3.05) is 13.7 Å². The zero-order valence-electron chi connectivity index (χ0n) is 22.8. The zero-order chi connectivity index (χ0) is 27.0. The molecular weight excluding hydrogens is 476 g/mol. The number of piperidine rings is 1. The molecule has 1 saturated carbocycles. The number of carbonyl (C=O) groups excluding carboxylic acids is 2. The van der Waals surface area contributed by atoms with Crippen LogP contribution in [0.2, 0.25) is 0 Å². The van der Waals surface area contributed by atoms with E-state index in [2.05, 4.69) is 35.6 Å². The highest BCUT2D eigenvalue weighted by atomic mass is 16.5. The van der Waals surface area contributed by atoms with E-state index in [0.29, 0.717) is 28.7 Å². The molecule has 5 rings (SSSR count). The predicted octanol–water partition coefficient (Wildman–Crippen LogP) is 5.47. The van der Waals surface area contributed by atoms with Gasteiger partial charge in [0.25, 0.3) is 0 Å². The quantitative estimate of drug-likeness (QED) is 0.409. The van der Waals surface area contributed by atoms with Crippen molar-refractivity contribution in [2.45, 2.75) is 70.8 Å². The number of pyridine rings is 1. The van der Waals surface area contributed by atoms with Crippen molar-refractivity contribution < 1.29 is 14.3 Å². The van der Waals surface area contributed by atoms with Crippen LogP contribution < -0.4 is 4.74 Å². The third kappa shape index (κ3) is 4.80. The lowest BCUT2D eigenvalue weighted by atomic mass is 9.84. The van der Waals surface area contributed by atoms with Gasteiger partial charge in [-0.15, -0.1) is 0 Å². The van der Waals surface area contributed by atoms with Gasteiger partial charge in [-0.2, -0.15) is 5.26 Å². The van der Waals surface area contributed by atoms with Crippen molar-refractivity contribution in [3.63, 3.8) is 0 Å². The van der Waals surface area contributed by atoms with Crippen LogP contribution >= 0.6 is 0 Å². The number of benzene rings is 1. The topological polar surface area (TPSA) is 88.2 Å². The molecule has 0 bridgehead atoms. The number of ketones is 1. The minimum Gasteiger partial charge on any atom is -0.497 e. The summed E-state index contributed by atoms with van der Waals surface area (Å²) < 4.78 is 7.36. The van der Waals surface area contributed by atoms with Crippen molar-refractivity contribution in [3.8, 4) is 11.8 Å². The summed E-state index contributed by atoms with van der Waals surface area (Å²) in [6, 6.07) is 7.23. The van der Waals surface area contributed by atoms with Gasteiger partial charge in [-0.1, -0.05) is 12.8 Å². The van der Waals surface area contributed by atoms with Crippen molar-refractivity contribution in [1.82, 2.24) is 14.5 Å². The summed E-state index contributed by atoms with van der Waals surface area (Å²) in [7, 11) is 3.55. The van der Waals surface area contributed by atoms with E-state index in [0.717, 1.165) is 54.4 Å². The average Bonchev–Trinajstić information content (AvgIpc) is 3.58. The number of aromatic nitrogens is 2. The van der Waals surface area contributed by atoms with Crippen LogP contribution in [-0.4, -0.2) is 45.8 Å². The number of carbonyl (C=O) groups is 2. The Hall–Kier alpha value is -3.66. The van der Waals surface area contributed by atoms with Gasteiger partial charge in [-0.3, -0.25) is 9.59 Å². The molecule has 198 valence electrons. The number of methoxy groups -OCH3 is 1. The second kappa shape index (κ2) is 10.6. The van der Waals surface area contributed by atoms with Gasteiger partial charge in [0.15, 0.2) is 5.78 Å². The van der Waals surface area contributed by atoms with E-state index in [1.165, 1.54) is 25.5 Å². The van der Waals surface area contributed by atoms with Crippen molar-refractivity contribution >= 4 is 22.7 Å². The highest BCUT2D eigenvalue weighted by Gasteiger charge is 2.35. The van der Waals surface area contributed by atoms with Gasteiger partial charge in [0.1, 0.15) is 11.4 Å². The molecule has 1 aliphatic carbocycles. The molecule has 0 N–H and O–H groups in total. The standard InChI is InChI=1S/C31H36N4O3/c1-19-11-23(9-10-35(19)31(37)22-7-5-6-8-22)27-18-34(3)30-29(27)20(2)25(17-33-30)15-28(36)24-12-21(16-32)13-26(14-24)38-4/h12-14,17-19,22-23H,5-11,15H2,1-4H3/t19-,23+/m0/s1. The predicted molar refractivity (Wildman–Crippen MR) is 146 cm³/mol. The Morgan fingerprint density at radius 1 is 1.18 bits per heavy atom. The van der Waals surface area contributed by atoms with E-state index < -0.39 is 0 Å². The van der Waals surface area contributed by atoms with Gasteiger partial charge in [0.05, 0.1) is 18.7 Å². The van der Waals surface area contributed by atoms with Crippen LogP contribution in [-0.2, 0) is 18.3 Å². The fourth-order valence-electron chi connectivity index (χ4n) is 6.47. The molecule has 2 fully saturated rings. The number of hydrogen-bond donors (Lipinski definition) is 0. The van der Waals surface area contributed by atoms with Crippen LogP contribution in [0.25, 0.3) is 11.0 Å². The fourth-order valence-corrected chi connectivity index (χ4v) is 6.47. The smallest absolute Gasteiger partial charge is 0.225 e. The maximum Gasteiger partial charge on any atom is 0.225 e. The van der Waals surface area contributed by atoms with Gasteiger partial charge in [-0.05, 0) is 80.3 Å². The van der Waals surface area contributed by atoms with Crippen LogP contribution in [0.5, 0.6) is 5.75 Å². The summed E-state index contributed by atoms with van der Waals surface area (Å²) >= 11 is 0. The van der Waals surface area contributed by atoms with E-state index >= 15 is 0 Å². The molecule has 1 amide bonds. The lowest BCUT2D eigenvalue weighted by Crippen LogP contribution is -2.46. The van der Waals surface area contributed by atoms with E-state index in [1.54, 1.807) is 24.4 Å². The molecule has 0 unspecified atom stereocenters. The number of rotatable bonds is 6. The first-order chi connectivity index (χ1) is 18.3. The van der Waals surface area contributed by atoms with Crippen LogP contribution in [0.4, 0.5) is 0 Å². The lowest BCUT2D eigenvalue weighted by molar-refractivity contribution is -0.138. The number of nitriles is 1. The Balaban J connectivity index is 1.40. The largest absolute Gasteiger partial charge is 0.497 e. The van der Waals surface area contributed by atoms with E-state index in [4.69, 9.17) is 9.72 Å². The SMILES string of the molecule is COc1cc(C#N)cc(C(=O)Cc2cnc3c(c([C@@H]4CCN(C(=O)C5CCCC5)[C@@H](C)C4)cn3C)c2C)c1. The highest BCUT2D eigenvalue weighted by Crippen LogP contribution is 2.39. The summed E-state index contributed by atoms with van der Waals surface area (Å²) in [5.41, 5.74) is 4.99. The van der Waals surface area contributed by atoms with Crippen molar-refractivity contribution in [1.29, 1.82) is 5.26 Å². The minimum absolute atomic E-state index is 0.0745. The molecule has 7 heteroatoms. The third-order valence-corrected chi connectivity index (χ3v) is 8.63. The van der Waals surface area contributed by atoms with Gasteiger partial charge in [-0.25, -0.2) is 4.98 Å². The Morgan fingerprint density at radius 3 is 2.63 bits per heavy atom. The van der Waals surface area contributed by atoms with E-state index in [-0.39, 0.29) is 24.2 Å². The maximum atomic E-state index is 13.2. The summed E-state index contributed by atoms with van der Waals surface area (Å²) in [5, 5.41) is 10.5. The fraction of sp³-hybridized carbons (Fsp3) is 0.484. The summed E-state index contributed by atoms with van der Waals surface area (Å²) in [6.07, 6.45) is 10.5. The molecule has 38 heavy (non-hydrogen) atoms. The minimum atomic E-state index is -0.0745. The molecule has 3 heterocycles. The molecule has 1 saturated heterocycles. The van der Waals surface area contributed by atoms with E-state index in [9.17, 15) is 14.9 Å². The number of ether oxygens (including phenoxy) is 1. The highest BCUT2D eigenvalue weighted by molar-refractivity contribution is 5.99. The molecule has 0 radical (unpaired) electrons. The number of likely N-dealkylation sites (tertiary alicyclic amines) is 1. The second-order valence-corrected chi connectivity index (χ2v) is 11.0. The Kier molecular flexibility index (Phi) is 7.25. The Bertz CT molecular complexity index is 1430. The van der Waals surface area contributed by atoms with Gasteiger partial charge in [0, 0.05) is 55.3 Å². The molecular formula is C31H36N4O3. The normalized spacial score (nSPS) is 20.0. The van der Waals surface area contributed by atoms with Crippen molar-refractivity contribution in [3.05, 3.63) is 58.4 Å². The number of amides is 1. The number of hydrogen-bond acceptors (Lipinski definition) is 5. The number of nitrogens with zero attached hydrogens (tertiary/aromatic N) is 4. The van der Waals surface area contributed by atoms with Gasteiger partial charge < -0.3 is 14.2 Å². The number of aryl methyl sites for hydroxylation is 2. The molecule has 0 spiro atoms. The summed E-state index contributed by atoms with van der Waals surface area (Å²) in [5.74, 6) is 1.32. The first kappa shape index (κ1) is 26.0. The summed E-state index contributed by atoms with van der Waals surface area (Å²) in [6.45, 7) is 5.05. The number of fused-ring (bicyclic) bond motifs is 1. The molecule has 2 aromatic heterocycles. The zero-order valence-corrected chi connectivity index (χ0v) is 22.8. The molecule has 2 atom stereocenters. The maximum absolute atomic E-state index is 13.2. The van der Waals surface area contributed by atoms with Gasteiger partial charge in [0.2, 0.25) is 5.91 Å². The van der Waals surface area contributed by atoms with E-state index in [1.807, 2.05) is 7.05 Å². The Morgan fingerprint density at radius 2 is 1.95 bits per heavy atom. The average molecular weight is 513 g/mol. The summed E-state index contributed by atoms with van der Waals surface area (Å²) in [4.78, 5) is 33.2. The van der Waals surface area contributed by atoms with Crippen LogP contribution in [0.1, 0.15) is 84.0 Å².